The number of carbonyl (C=O) groups excluding carboxylic acids is 1. The summed E-state index contributed by atoms with van der Waals surface area (Å²) in [7, 11) is 0. The van der Waals surface area contributed by atoms with Gasteiger partial charge in [-0.3, -0.25) is 4.98 Å². The van der Waals surface area contributed by atoms with Gasteiger partial charge in [0, 0.05) is 41.9 Å². The second kappa shape index (κ2) is 11.0. The molecule has 0 aliphatic carbocycles. The summed E-state index contributed by atoms with van der Waals surface area (Å²) in [6.45, 7) is 1.37. The summed E-state index contributed by atoms with van der Waals surface area (Å²) in [5.41, 5.74) is 3.20. The number of hydrogen-bond acceptors (Lipinski definition) is 4. The van der Waals surface area contributed by atoms with Gasteiger partial charge >= 0.3 is 6.03 Å². The van der Waals surface area contributed by atoms with Crippen LogP contribution < -0.4 is 10.6 Å². The van der Waals surface area contributed by atoms with Crippen LogP contribution in [0.2, 0.25) is 5.02 Å². The number of nitrogens with zero attached hydrogens (tertiary/aromatic N) is 5. The first-order valence-corrected chi connectivity index (χ1v) is 12.2. The molecular formula is C28H24ClN7O. The van der Waals surface area contributed by atoms with E-state index in [1.54, 1.807) is 30.5 Å². The third kappa shape index (κ3) is 5.47. The third-order valence-electron chi connectivity index (χ3n) is 6.26. The molecule has 0 spiro atoms. The summed E-state index contributed by atoms with van der Waals surface area (Å²) in [6, 6.07) is 26.1. The average Bonchev–Trinajstić information content (AvgIpc) is 2.94. The molecule has 1 aromatic heterocycles. The molecule has 2 N–H and O–H groups in total. The molecule has 4 aromatic rings. The molecule has 1 aliphatic rings. The van der Waals surface area contributed by atoms with Gasteiger partial charge < -0.3 is 20.4 Å². The van der Waals surface area contributed by atoms with E-state index in [0.29, 0.717) is 36.3 Å². The summed E-state index contributed by atoms with van der Waals surface area (Å²) >= 11 is 5.99. The smallest absolute Gasteiger partial charge is 0.322 e. The number of nitriles is 1. The molecule has 0 saturated carbocycles. The van der Waals surface area contributed by atoms with Crippen molar-refractivity contribution in [2.24, 2.45) is 4.99 Å². The van der Waals surface area contributed by atoms with E-state index in [2.05, 4.69) is 20.6 Å². The Balaban J connectivity index is 1.41. The summed E-state index contributed by atoms with van der Waals surface area (Å²) in [5, 5.41) is 17.3. The second-order valence-electron chi connectivity index (χ2n) is 8.54. The first kappa shape index (κ1) is 24.1. The normalized spacial score (nSPS) is 15.8. The molecule has 3 aromatic carbocycles. The molecule has 0 bridgehead atoms. The molecule has 0 radical (unpaired) electrons. The van der Waals surface area contributed by atoms with Crippen LogP contribution in [0.3, 0.4) is 0 Å². The largest absolute Gasteiger partial charge is 0.338 e. The number of amides is 2. The molecule has 8 nitrogen and oxygen atoms in total. The predicted octanol–water partition coefficient (Wildman–Crippen LogP) is 5.73. The second-order valence-corrected chi connectivity index (χ2v) is 8.98. The highest BCUT2D eigenvalue weighted by molar-refractivity contribution is 6.30. The molecular weight excluding hydrogens is 486 g/mol. The topological polar surface area (TPSA) is 96.7 Å². The lowest BCUT2D eigenvalue weighted by atomic mass is 10.0. The van der Waals surface area contributed by atoms with E-state index in [1.165, 1.54) is 0 Å². The molecule has 37 heavy (non-hydrogen) atoms. The van der Waals surface area contributed by atoms with Gasteiger partial charge in [-0.15, -0.1) is 4.99 Å². The zero-order valence-electron chi connectivity index (χ0n) is 19.9. The number of carbonyl (C=O) groups is 1. The number of piperazine rings is 1. The first-order valence-electron chi connectivity index (χ1n) is 11.8. The molecule has 1 fully saturated rings. The maximum absolute atomic E-state index is 13.3. The van der Waals surface area contributed by atoms with Crippen LogP contribution in [0, 0.1) is 11.5 Å². The molecule has 1 unspecified atom stereocenters. The van der Waals surface area contributed by atoms with E-state index in [4.69, 9.17) is 11.6 Å². The van der Waals surface area contributed by atoms with Gasteiger partial charge in [0.2, 0.25) is 12.2 Å². The minimum atomic E-state index is -0.265. The lowest BCUT2D eigenvalue weighted by Crippen LogP contribution is -2.54. The van der Waals surface area contributed by atoms with Gasteiger partial charge in [0.1, 0.15) is 0 Å². The number of anilines is 2. The molecule has 9 heteroatoms. The number of hydrogen-bond donors (Lipinski definition) is 2. The number of rotatable bonds is 3. The van der Waals surface area contributed by atoms with Gasteiger partial charge in [-0.1, -0.05) is 60.1 Å². The average molecular weight is 510 g/mol. The Morgan fingerprint density at radius 3 is 2.54 bits per heavy atom. The van der Waals surface area contributed by atoms with E-state index < -0.39 is 0 Å². The zero-order valence-corrected chi connectivity index (χ0v) is 20.6. The number of fused-ring (bicyclic) bond motifs is 1. The maximum Gasteiger partial charge on any atom is 0.322 e. The lowest BCUT2D eigenvalue weighted by molar-refractivity contribution is 0.136. The summed E-state index contributed by atoms with van der Waals surface area (Å²) in [5.74, 6) is 0.416. The van der Waals surface area contributed by atoms with Crippen molar-refractivity contribution >= 4 is 45.9 Å². The van der Waals surface area contributed by atoms with Crippen LogP contribution >= 0.6 is 11.6 Å². The summed E-state index contributed by atoms with van der Waals surface area (Å²) < 4.78 is 0. The van der Waals surface area contributed by atoms with Crippen LogP contribution in [0.1, 0.15) is 11.6 Å². The molecule has 1 atom stereocenters. The number of halogens is 1. The number of urea groups is 1. The quantitative estimate of drug-likeness (QED) is 0.209. The first-order chi connectivity index (χ1) is 18.1. The minimum Gasteiger partial charge on any atom is -0.338 e. The fourth-order valence-corrected chi connectivity index (χ4v) is 4.58. The Labute approximate surface area is 219 Å². The fourth-order valence-electron chi connectivity index (χ4n) is 4.46. The fraction of sp³-hybridized carbons (Fsp3) is 0.143. The van der Waals surface area contributed by atoms with Crippen molar-refractivity contribution in [2.75, 3.05) is 30.3 Å². The van der Waals surface area contributed by atoms with Crippen LogP contribution in [-0.4, -0.2) is 46.4 Å². The minimum absolute atomic E-state index is 0.208. The molecule has 184 valence electrons. The van der Waals surface area contributed by atoms with E-state index in [9.17, 15) is 10.1 Å². The Bertz CT molecular complexity index is 1460. The number of nitrogens with one attached hydrogen (secondary N) is 2. The van der Waals surface area contributed by atoms with E-state index in [1.807, 2.05) is 76.7 Å². The number of benzene rings is 3. The van der Waals surface area contributed by atoms with Crippen molar-refractivity contribution < 1.29 is 4.79 Å². The molecule has 2 amide bonds. The Kier molecular flexibility index (Phi) is 7.15. The van der Waals surface area contributed by atoms with E-state index in [0.717, 1.165) is 22.2 Å². The van der Waals surface area contributed by atoms with E-state index in [-0.39, 0.29) is 12.1 Å². The van der Waals surface area contributed by atoms with Crippen molar-refractivity contribution in [2.45, 2.75) is 6.04 Å². The van der Waals surface area contributed by atoms with Gasteiger partial charge in [0.05, 0.1) is 17.2 Å². The zero-order chi connectivity index (χ0) is 25.6. The van der Waals surface area contributed by atoms with Crippen molar-refractivity contribution in [3.05, 3.63) is 102 Å². The van der Waals surface area contributed by atoms with Gasteiger partial charge in [-0.25, -0.2) is 4.79 Å². The van der Waals surface area contributed by atoms with Crippen LogP contribution in [0.15, 0.2) is 96.1 Å². The summed E-state index contributed by atoms with van der Waals surface area (Å²) in [6.07, 6.45) is 3.65. The monoisotopic (exact) mass is 509 g/mol. The highest BCUT2D eigenvalue weighted by Crippen LogP contribution is 2.28. The summed E-state index contributed by atoms with van der Waals surface area (Å²) in [4.78, 5) is 25.7. The molecule has 2 heterocycles. The number of guanidine groups is 1. The van der Waals surface area contributed by atoms with Crippen molar-refractivity contribution in [3.63, 3.8) is 0 Å². The predicted molar refractivity (Wildman–Crippen MR) is 146 cm³/mol. The highest BCUT2D eigenvalue weighted by atomic mass is 35.5. The van der Waals surface area contributed by atoms with Crippen LogP contribution in [0.5, 0.6) is 0 Å². The van der Waals surface area contributed by atoms with Crippen molar-refractivity contribution in [3.8, 4) is 6.19 Å². The number of pyridine rings is 1. The Hall–Kier alpha value is -4.61. The Morgan fingerprint density at radius 1 is 0.973 bits per heavy atom. The van der Waals surface area contributed by atoms with Crippen molar-refractivity contribution in [1.29, 1.82) is 5.26 Å². The van der Waals surface area contributed by atoms with Gasteiger partial charge in [0.25, 0.3) is 0 Å². The molecule has 1 saturated heterocycles. The Morgan fingerprint density at radius 2 is 1.76 bits per heavy atom. The van der Waals surface area contributed by atoms with Crippen molar-refractivity contribution in [1.82, 2.24) is 14.8 Å². The number of aliphatic imine (C=N–C) groups is 1. The number of aromatic nitrogens is 1. The van der Waals surface area contributed by atoms with Crippen LogP contribution in [0.25, 0.3) is 10.9 Å². The highest BCUT2D eigenvalue weighted by Gasteiger charge is 2.33. The SMILES string of the molecule is N#C/N=C(/Nc1cccc2cccnc12)N1CCN(C(=O)Nc2ccc(Cl)cc2)C(c2ccccc2)C1. The molecule has 5 rings (SSSR count). The third-order valence-corrected chi connectivity index (χ3v) is 6.51. The van der Waals surface area contributed by atoms with Crippen LogP contribution in [-0.2, 0) is 0 Å². The van der Waals surface area contributed by atoms with Crippen LogP contribution in [0.4, 0.5) is 16.2 Å². The standard InChI is InChI=1S/C28H24ClN7O/c29-22-11-13-23(14-12-22)33-28(37)36-17-16-35(18-25(36)20-6-2-1-3-7-20)27(32-19-30)34-24-10-4-8-21-9-5-15-31-26(21)24/h1-15,25H,16-18H2,(H,32,34)(H,33,37). The van der Waals surface area contributed by atoms with Gasteiger partial charge in [-0.05, 0) is 42.0 Å². The lowest BCUT2D eigenvalue weighted by Gasteiger charge is -2.42. The van der Waals surface area contributed by atoms with Gasteiger partial charge in [-0.2, -0.15) is 5.26 Å². The number of para-hydroxylation sites is 1. The van der Waals surface area contributed by atoms with Gasteiger partial charge in [0.15, 0.2) is 0 Å². The maximum atomic E-state index is 13.3. The molecule has 1 aliphatic heterocycles. The van der Waals surface area contributed by atoms with E-state index >= 15 is 0 Å².